The van der Waals surface area contributed by atoms with Crippen LogP contribution in [0.4, 0.5) is 21.9 Å². The minimum Gasteiger partial charge on any atom is -0.371 e. The van der Waals surface area contributed by atoms with E-state index >= 15 is 0 Å². The first-order chi connectivity index (χ1) is 15.6. The Bertz CT molecular complexity index is 877. The summed E-state index contributed by atoms with van der Waals surface area (Å²) in [5.41, 5.74) is 2.83. The monoisotopic (exact) mass is 437 g/mol. The van der Waals surface area contributed by atoms with Gasteiger partial charge in [-0.15, -0.1) is 0 Å². The molecule has 172 valence electrons. The zero-order valence-corrected chi connectivity index (χ0v) is 19.2. The molecule has 2 aromatic carbocycles. The Balaban J connectivity index is 1.73. The van der Waals surface area contributed by atoms with Gasteiger partial charge in [0.1, 0.15) is 0 Å². The molecule has 2 aromatic rings. The van der Waals surface area contributed by atoms with Gasteiger partial charge in [0.25, 0.3) is 5.91 Å². The van der Waals surface area contributed by atoms with Crippen LogP contribution in [0.5, 0.6) is 0 Å². The number of hydrogen-bond donors (Lipinski definition) is 3. The van der Waals surface area contributed by atoms with E-state index in [0.717, 1.165) is 51.3 Å². The van der Waals surface area contributed by atoms with Crippen molar-refractivity contribution in [3.63, 3.8) is 0 Å². The summed E-state index contributed by atoms with van der Waals surface area (Å²) in [7, 11) is 0. The summed E-state index contributed by atoms with van der Waals surface area (Å²) < 4.78 is 0. The molecule has 1 saturated heterocycles. The van der Waals surface area contributed by atoms with Crippen LogP contribution in [-0.4, -0.2) is 56.1 Å². The van der Waals surface area contributed by atoms with Gasteiger partial charge in [-0.1, -0.05) is 32.0 Å². The van der Waals surface area contributed by atoms with Crippen molar-refractivity contribution in [3.05, 3.63) is 54.1 Å². The summed E-state index contributed by atoms with van der Waals surface area (Å²) in [6.07, 6.45) is 3.48. The highest BCUT2D eigenvalue weighted by Crippen LogP contribution is 2.27. The van der Waals surface area contributed by atoms with Crippen LogP contribution in [-0.2, 0) is 0 Å². The highest BCUT2D eigenvalue weighted by atomic mass is 16.2. The maximum atomic E-state index is 13.1. The molecule has 0 unspecified atom stereocenters. The van der Waals surface area contributed by atoms with E-state index in [-0.39, 0.29) is 11.9 Å². The predicted molar refractivity (Wildman–Crippen MR) is 132 cm³/mol. The lowest BCUT2D eigenvalue weighted by Gasteiger charge is -2.30. The summed E-state index contributed by atoms with van der Waals surface area (Å²) in [5, 5.41) is 8.72. The summed E-state index contributed by atoms with van der Waals surface area (Å²) >= 11 is 0. The number of carbonyl (C=O) groups is 2. The van der Waals surface area contributed by atoms with Crippen LogP contribution < -0.4 is 20.9 Å². The Labute approximate surface area is 191 Å². The van der Waals surface area contributed by atoms with Crippen molar-refractivity contribution < 1.29 is 9.59 Å². The van der Waals surface area contributed by atoms with Gasteiger partial charge in [0.2, 0.25) is 0 Å². The largest absolute Gasteiger partial charge is 0.371 e. The van der Waals surface area contributed by atoms with E-state index in [4.69, 9.17) is 0 Å². The standard InChI is InChI=1S/C25H35N5O2/c1-3-29(4-2)18-15-26-24(31)22-19-21(13-14-23(22)30-16-9-6-10-17-30)28-25(32)27-20-11-7-5-8-12-20/h5,7-8,11-14,19H,3-4,6,9-10,15-18H2,1-2H3,(H,26,31)(H2,27,28,32). The van der Waals surface area contributed by atoms with Gasteiger partial charge in [-0.05, 0) is 62.7 Å². The number of amides is 3. The molecule has 7 heteroatoms. The number of hydrogen-bond acceptors (Lipinski definition) is 4. The van der Waals surface area contributed by atoms with Crippen LogP contribution in [0.1, 0.15) is 43.5 Å². The first-order valence-corrected chi connectivity index (χ1v) is 11.6. The van der Waals surface area contributed by atoms with Crippen LogP contribution in [0.3, 0.4) is 0 Å². The zero-order chi connectivity index (χ0) is 22.8. The lowest BCUT2D eigenvalue weighted by atomic mass is 10.1. The van der Waals surface area contributed by atoms with Crippen molar-refractivity contribution >= 4 is 29.0 Å². The number of carbonyl (C=O) groups excluding carboxylic acids is 2. The van der Waals surface area contributed by atoms with Gasteiger partial charge in [-0.2, -0.15) is 0 Å². The number of rotatable bonds is 9. The van der Waals surface area contributed by atoms with Crippen LogP contribution >= 0.6 is 0 Å². The highest BCUT2D eigenvalue weighted by molar-refractivity contribution is 6.04. The molecular weight excluding hydrogens is 402 g/mol. The smallest absolute Gasteiger partial charge is 0.323 e. The Morgan fingerprint density at radius 1 is 0.906 bits per heavy atom. The molecule has 0 bridgehead atoms. The van der Waals surface area contributed by atoms with E-state index in [1.807, 2.05) is 42.5 Å². The van der Waals surface area contributed by atoms with Crippen molar-refractivity contribution in [2.24, 2.45) is 0 Å². The van der Waals surface area contributed by atoms with Crippen molar-refractivity contribution in [1.82, 2.24) is 10.2 Å². The van der Waals surface area contributed by atoms with Crippen LogP contribution in [0.2, 0.25) is 0 Å². The Morgan fingerprint density at radius 2 is 1.59 bits per heavy atom. The Morgan fingerprint density at radius 3 is 2.28 bits per heavy atom. The molecule has 0 radical (unpaired) electrons. The van der Waals surface area contributed by atoms with Gasteiger partial charge in [0, 0.05) is 43.2 Å². The summed E-state index contributed by atoms with van der Waals surface area (Å²) in [6.45, 7) is 9.46. The number of nitrogens with one attached hydrogen (secondary N) is 3. The fourth-order valence-corrected chi connectivity index (χ4v) is 3.98. The predicted octanol–water partition coefficient (Wildman–Crippen LogP) is 4.39. The molecule has 0 saturated carbocycles. The van der Waals surface area contributed by atoms with Gasteiger partial charge in [-0.3, -0.25) is 4.79 Å². The van der Waals surface area contributed by atoms with Crippen LogP contribution in [0.15, 0.2) is 48.5 Å². The highest BCUT2D eigenvalue weighted by Gasteiger charge is 2.20. The Hall–Kier alpha value is -3.06. The molecule has 0 aromatic heterocycles. The number of likely N-dealkylation sites (N-methyl/N-ethyl adjacent to an activating group) is 1. The van der Waals surface area contributed by atoms with E-state index < -0.39 is 0 Å². The molecule has 3 N–H and O–H groups in total. The number of urea groups is 1. The minimum absolute atomic E-state index is 0.107. The third-order valence-electron chi connectivity index (χ3n) is 5.84. The van der Waals surface area contributed by atoms with Gasteiger partial charge >= 0.3 is 6.03 Å². The van der Waals surface area contributed by atoms with Crippen LogP contribution in [0.25, 0.3) is 0 Å². The van der Waals surface area contributed by atoms with E-state index in [0.29, 0.717) is 23.5 Å². The number of benzene rings is 2. The molecule has 3 amide bonds. The molecule has 0 aliphatic carbocycles. The number of para-hydroxylation sites is 1. The summed E-state index contributed by atoms with van der Waals surface area (Å²) in [6, 6.07) is 14.5. The van der Waals surface area contributed by atoms with E-state index in [1.165, 1.54) is 6.42 Å². The second kappa shape index (κ2) is 12.1. The lowest BCUT2D eigenvalue weighted by Crippen LogP contribution is -2.36. The molecule has 1 aliphatic heterocycles. The first-order valence-electron chi connectivity index (χ1n) is 11.6. The quantitative estimate of drug-likeness (QED) is 0.544. The van der Waals surface area contributed by atoms with Gasteiger partial charge in [-0.25, -0.2) is 4.79 Å². The molecule has 1 aliphatic rings. The number of nitrogens with zero attached hydrogens (tertiary/aromatic N) is 2. The van der Waals surface area contributed by atoms with Gasteiger partial charge in [0.05, 0.1) is 5.56 Å². The molecular formula is C25H35N5O2. The maximum absolute atomic E-state index is 13.1. The molecule has 1 fully saturated rings. The summed E-state index contributed by atoms with van der Waals surface area (Å²) in [5.74, 6) is -0.107. The second-order valence-corrected chi connectivity index (χ2v) is 8.01. The average Bonchev–Trinajstić information content (AvgIpc) is 2.83. The fourth-order valence-electron chi connectivity index (χ4n) is 3.98. The molecule has 7 nitrogen and oxygen atoms in total. The number of piperidine rings is 1. The molecule has 1 heterocycles. The molecule has 0 atom stereocenters. The topological polar surface area (TPSA) is 76.7 Å². The third kappa shape index (κ3) is 6.72. The lowest BCUT2D eigenvalue weighted by molar-refractivity contribution is 0.0949. The number of anilines is 3. The zero-order valence-electron chi connectivity index (χ0n) is 19.2. The van der Waals surface area contributed by atoms with Gasteiger partial charge in [0.15, 0.2) is 0 Å². The average molecular weight is 438 g/mol. The second-order valence-electron chi connectivity index (χ2n) is 8.01. The molecule has 0 spiro atoms. The maximum Gasteiger partial charge on any atom is 0.323 e. The van der Waals surface area contributed by atoms with Crippen molar-refractivity contribution in [2.45, 2.75) is 33.1 Å². The minimum atomic E-state index is -0.338. The third-order valence-corrected chi connectivity index (χ3v) is 5.84. The van der Waals surface area contributed by atoms with Crippen molar-refractivity contribution in [2.75, 3.05) is 54.8 Å². The van der Waals surface area contributed by atoms with E-state index in [2.05, 4.69) is 39.6 Å². The molecule has 3 rings (SSSR count). The Kier molecular flexibility index (Phi) is 8.92. The van der Waals surface area contributed by atoms with Crippen molar-refractivity contribution in [3.8, 4) is 0 Å². The van der Waals surface area contributed by atoms with E-state index in [9.17, 15) is 9.59 Å². The SMILES string of the molecule is CCN(CC)CCNC(=O)c1cc(NC(=O)Nc2ccccc2)ccc1N1CCCCC1. The summed E-state index contributed by atoms with van der Waals surface area (Å²) in [4.78, 5) is 30.1. The molecule has 32 heavy (non-hydrogen) atoms. The first kappa shape index (κ1) is 23.6. The van der Waals surface area contributed by atoms with Gasteiger partial charge < -0.3 is 25.8 Å². The van der Waals surface area contributed by atoms with Crippen LogP contribution in [0, 0.1) is 0 Å². The van der Waals surface area contributed by atoms with Crippen molar-refractivity contribution in [1.29, 1.82) is 0 Å². The normalized spacial score (nSPS) is 13.7. The van der Waals surface area contributed by atoms with E-state index in [1.54, 1.807) is 6.07 Å². The fraction of sp³-hybridized carbons (Fsp3) is 0.440.